The molecule has 6 aliphatic rings. The van der Waals surface area contributed by atoms with Gasteiger partial charge in [0.25, 0.3) is 11.8 Å². The van der Waals surface area contributed by atoms with Crippen molar-refractivity contribution < 1.29 is 28.9 Å². The summed E-state index contributed by atoms with van der Waals surface area (Å²) in [5.74, 6) is -0.836. The molecule has 8 rings (SSSR count). The minimum absolute atomic E-state index is 0.00545. The number of fused-ring (bicyclic) bond motifs is 1. The van der Waals surface area contributed by atoms with E-state index in [0.717, 1.165) is 29.1 Å². The van der Waals surface area contributed by atoms with Gasteiger partial charge in [0.1, 0.15) is 11.9 Å². The first-order valence-corrected chi connectivity index (χ1v) is 13.0. The number of phenolic OH excluding ortho intramolecular Hbond substituents is 1. The van der Waals surface area contributed by atoms with Gasteiger partial charge in [-0.05, 0) is 74.8 Å². The minimum Gasteiger partial charge on any atom is -0.504 e. The quantitative estimate of drug-likeness (QED) is 0.644. The van der Waals surface area contributed by atoms with Gasteiger partial charge in [0.05, 0.1) is 28.2 Å². The van der Waals surface area contributed by atoms with E-state index in [1.807, 2.05) is 6.07 Å². The summed E-state index contributed by atoms with van der Waals surface area (Å²) in [6.07, 6.45) is 3.77. The van der Waals surface area contributed by atoms with Crippen molar-refractivity contribution in [3.05, 3.63) is 58.4 Å². The van der Waals surface area contributed by atoms with E-state index < -0.39 is 40.8 Å². The Morgan fingerprint density at radius 1 is 1.08 bits per heavy atom. The third-order valence-corrected chi connectivity index (χ3v) is 9.96. The Morgan fingerprint density at radius 3 is 2.69 bits per heavy atom. The van der Waals surface area contributed by atoms with Gasteiger partial charge in [-0.25, -0.2) is 4.39 Å². The summed E-state index contributed by atoms with van der Waals surface area (Å²) in [4.78, 5) is 30.5. The van der Waals surface area contributed by atoms with Gasteiger partial charge >= 0.3 is 0 Å². The Bertz CT molecular complexity index is 1370. The molecule has 2 aromatic rings. The first-order valence-electron chi connectivity index (χ1n) is 13.0. The van der Waals surface area contributed by atoms with Crippen LogP contribution in [0.5, 0.6) is 11.5 Å². The highest BCUT2D eigenvalue weighted by Gasteiger charge is 2.74. The molecule has 0 unspecified atom stereocenters. The van der Waals surface area contributed by atoms with Crippen LogP contribution in [0.2, 0.25) is 0 Å². The highest BCUT2D eigenvalue weighted by Crippen LogP contribution is 2.66. The number of likely N-dealkylation sites (tertiary alicyclic amines) is 1. The summed E-state index contributed by atoms with van der Waals surface area (Å²) >= 11 is 0. The maximum Gasteiger partial charge on any atom is 0.264 e. The minimum atomic E-state index is -1.11. The molecule has 3 aliphatic heterocycles. The zero-order valence-electron chi connectivity index (χ0n) is 19.7. The van der Waals surface area contributed by atoms with Crippen LogP contribution in [-0.2, 0) is 11.8 Å². The Balaban J connectivity index is 1.28. The van der Waals surface area contributed by atoms with Crippen LogP contribution in [0.15, 0.2) is 30.3 Å². The predicted molar refractivity (Wildman–Crippen MR) is 125 cm³/mol. The van der Waals surface area contributed by atoms with Gasteiger partial charge in [0.2, 0.25) is 0 Å². The van der Waals surface area contributed by atoms with E-state index in [0.29, 0.717) is 37.4 Å². The summed E-state index contributed by atoms with van der Waals surface area (Å²) in [6.45, 7) is 1.75. The third-order valence-electron chi connectivity index (χ3n) is 9.96. The number of rotatable bonds is 3. The van der Waals surface area contributed by atoms with E-state index >= 15 is 0 Å². The molecule has 3 fully saturated rings. The fourth-order valence-corrected chi connectivity index (χ4v) is 8.28. The smallest absolute Gasteiger partial charge is 0.264 e. The van der Waals surface area contributed by atoms with Crippen molar-refractivity contribution in [1.29, 1.82) is 0 Å². The van der Waals surface area contributed by atoms with Crippen molar-refractivity contribution in [2.75, 3.05) is 13.1 Å². The molecule has 2 N–H and O–H groups in total. The number of hydrogen-bond donors (Lipinski definition) is 2. The highest BCUT2D eigenvalue weighted by molar-refractivity contribution is 6.21. The average molecular weight is 491 g/mol. The predicted octanol–water partition coefficient (Wildman–Crippen LogP) is 2.76. The second kappa shape index (κ2) is 6.66. The lowest BCUT2D eigenvalue weighted by molar-refractivity contribution is -0.196. The lowest BCUT2D eigenvalue weighted by Crippen LogP contribution is -2.78. The van der Waals surface area contributed by atoms with Crippen molar-refractivity contribution in [2.24, 2.45) is 5.92 Å². The Kier molecular flexibility index (Phi) is 3.91. The Hall–Kier alpha value is -2.97. The lowest BCUT2D eigenvalue weighted by Gasteiger charge is -2.64. The SMILES string of the molecule is O=C1c2cccc(F)c2C(=O)N1[C@@H]1CC[C@@]2(O)[C@H]3Cc4ccc(O)c5c4[C@@]2(CCN3CC2CC2)[C@H]1O5. The largest absolute Gasteiger partial charge is 0.504 e. The van der Waals surface area contributed by atoms with E-state index in [1.165, 1.54) is 31.0 Å². The molecule has 186 valence electrons. The molecule has 3 aliphatic carbocycles. The summed E-state index contributed by atoms with van der Waals surface area (Å²) in [5, 5.41) is 23.4. The van der Waals surface area contributed by atoms with Gasteiger partial charge in [0.15, 0.2) is 11.5 Å². The number of imide groups is 1. The first-order chi connectivity index (χ1) is 17.3. The number of aliphatic hydroxyl groups is 1. The maximum atomic E-state index is 14.6. The zero-order valence-corrected chi connectivity index (χ0v) is 19.7. The molecule has 0 aromatic heterocycles. The standard InChI is InChI=1S/C28H27FN2O5/c29-17-3-1-2-16-21(17)26(34)31(25(16)33)18-8-9-28(35)20-12-15-6-7-19(32)23-22(15)27(28,24(18)36-23)10-11-30(20)13-14-4-5-14/h1-3,6-7,14,18,20,24,32,35H,4-5,8-13H2/t18-,20-,24+,27+,28-/m1/s1. The number of hydrogen-bond acceptors (Lipinski definition) is 6. The summed E-state index contributed by atoms with van der Waals surface area (Å²) < 4.78 is 21.1. The molecule has 1 spiro atoms. The molecule has 2 bridgehead atoms. The molecule has 2 saturated carbocycles. The van der Waals surface area contributed by atoms with Gasteiger partial charge in [-0.2, -0.15) is 0 Å². The van der Waals surface area contributed by atoms with Crippen molar-refractivity contribution in [2.45, 2.75) is 67.7 Å². The number of carbonyl (C=O) groups is 2. The fraction of sp³-hybridized carbons (Fsp3) is 0.500. The van der Waals surface area contributed by atoms with Crippen molar-refractivity contribution in [3.63, 3.8) is 0 Å². The molecule has 3 heterocycles. The monoisotopic (exact) mass is 490 g/mol. The maximum absolute atomic E-state index is 14.6. The van der Waals surface area contributed by atoms with Gasteiger partial charge in [-0.1, -0.05) is 12.1 Å². The average Bonchev–Trinajstić information content (AvgIpc) is 3.54. The van der Waals surface area contributed by atoms with Crippen LogP contribution in [0.25, 0.3) is 0 Å². The number of carbonyl (C=O) groups excluding carboxylic acids is 2. The van der Waals surface area contributed by atoms with Gasteiger partial charge in [-0.15, -0.1) is 0 Å². The van der Waals surface area contributed by atoms with Crippen LogP contribution in [0.1, 0.15) is 63.9 Å². The number of phenols is 1. The number of amides is 2. The lowest BCUT2D eigenvalue weighted by atomic mass is 9.48. The van der Waals surface area contributed by atoms with Gasteiger partial charge in [0, 0.05) is 18.2 Å². The second-order valence-corrected chi connectivity index (χ2v) is 11.5. The van der Waals surface area contributed by atoms with Gasteiger partial charge in [-0.3, -0.25) is 19.4 Å². The Labute approximate surface area is 207 Å². The molecule has 2 amide bonds. The summed E-state index contributed by atoms with van der Waals surface area (Å²) in [5.41, 5.74) is -0.203. The van der Waals surface area contributed by atoms with E-state index in [2.05, 4.69) is 4.90 Å². The normalized spacial score (nSPS) is 36.1. The topological polar surface area (TPSA) is 90.3 Å². The fourth-order valence-electron chi connectivity index (χ4n) is 8.28. The van der Waals surface area contributed by atoms with Crippen molar-refractivity contribution in [1.82, 2.24) is 9.80 Å². The Morgan fingerprint density at radius 2 is 1.92 bits per heavy atom. The molecule has 7 nitrogen and oxygen atoms in total. The van der Waals surface area contributed by atoms with Crippen LogP contribution in [0, 0.1) is 11.7 Å². The van der Waals surface area contributed by atoms with Crippen molar-refractivity contribution >= 4 is 11.8 Å². The van der Waals surface area contributed by atoms with E-state index in [9.17, 15) is 24.2 Å². The van der Waals surface area contributed by atoms with E-state index in [4.69, 9.17) is 4.74 Å². The highest BCUT2D eigenvalue weighted by atomic mass is 19.1. The van der Waals surface area contributed by atoms with Crippen LogP contribution in [-0.4, -0.2) is 68.7 Å². The second-order valence-electron chi connectivity index (χ2n) is 11.5. The summed E-state index contributed by atoms with van der Waals surface area (Å²) in [6, 6.07) is 6.91. The first kappa shape index (κ1) is 21.1. The van der Waals surface area contributed by atoms with Crippen molar-refractivity contribution in [3.8, 4) is 11.5 Å². The third kappa shape index (κ3) is 2.31. The van der Waals surface area contributed by atoms with Crippen LogP contribution >= 0.6 is 0 Å². The number of piperidine rings is 1. The van der Waals surface area contributed by atoms with Gasteiger partial charge < -0.3 is 14.9 Å². The van der Waals surface area contributed by atoms with Crippen LogP contribution in [0.4, 0.5) is 4.39 Å². The van der Waals surface area contributed by atoms with Crippen LogP contribution in [0.3, 0.4) is 0 Å². The zero-order chi connectivity index (χ0) is 24.6. The molecule has 2 aromatic carbocycles. The number of nitrogens with zero attached hydrogens (tertiary/aromatic N) is 2. The molecule has 36 heavy (non-hydrogen) atoms. The molecular formula is C28H27FN2O5. The molecule has 5 atom stereocenters. The van der Waals surface area contributed by atoms with Crippen LogP contribution < -0.4 is 4.74 Å². The molecule has 1 saturated heterocycles. The summed E-state index contributed by atoms with van der Waals surface area (Å²) in [7, 11) is 0. The molecule has 8 heteroatoms. The number of ether oxygens (including phenoxy) is 1. The molecular weight excluding hydrogens is 463 g/mol. The number of aromatic hydroxyl groups is 1. The number of halogens is 1. The number of benzene rings is 2. The van der Waals surface area contributed by atoms with E-state index in [1.54, 1.807) is 6.07 Å². The molecule has 0 radical (unpaired) electrons. The van der Waals surface area contributed by atoms with E-state index in [-0.39, 0.29) is 22.9 Å².